The Labute approximate surface area is 82.3 Å². The lowest BCUT2D eigenvalue weighted by Crippen LogP contribution is -2.30. The van der Waals surface area contributed by atoms with Crippen LogP contribution in [0.15, 0.2) is 18.2 Å². The first-order valence-corrected chi connectivity index (χ1v) is 4.66. The predicted molar refractivity (Wildman–Crippen MR) is 51.6 cm³/mol. The van der Waals surface area contributed by atoms with Gasteiger partial charge >= 0.3 is 5.97 Å². The molecule has 0 radical (unpaired) electrons. The first-order chi connectivity index (χ1) is 6.66. The zero-order chi connectivity index (χ0) is 10.1. The molecule has 3 nitrogen and oxygen atoms in total. The largest absolute Gasteiger partial charge is 0.479 e. The van der Waals surface area contributed by atoms with Crippen LogP contribution < -0.4 is 4.74 Å². The fourth-order valence-corrected chi connectivity index (χ4v) is 1.65. The maximum atomic E-state index is 10.7. The molecule has 0 fully saturated rings. The highest BCUT2D eigenvalue weighted by molar-refractivity contribution is 5.73. The van der Waals surface area contributed by atoms with Crippen molar-refractivity contribution in [2.24, 2.45) is 0 Å². The monoisotopic (exact) mass is 192 g/mol. The van der Waals surface area contributed by atoms with Crippen molar-refractivity contribution in [3.05, 3.63) is 29.3 Å². The summed E-state index contributed by atoms with van der Waals surface area (Å²) in [6.45, 7) is 1.97. The van der Waals surface area contributed by atoms with Crippen molar-refractivity contribution in [3.63, 3.8) is 0 Å². The van der Waals surface area contributed by atoms with Gasteiger partial charge in [-0.3, -0.25) is 0 Å². The van der Waals surface area contributed by atoms with Crippen molar-refractivity contribution in [2.45, 2.75) is 25.9 Å². The van der Waals surface area contributed by atoms with Gasteiger partial charge in [0.1, 0.15) is 5.75 Å². The first kappa shape index (κ1) is 9.06. The lowest BCUT2D eigenvalue weighted by Gasteiger charge is -2.23. The minimum atomic E-state index is -0.878. The van der Waals surface area contributed by atoms with E-state index in [1.165, 1.54) is 0 Å². The fourth-order valence-electron chi connectivity index (χ4n) is 1.65. The molecule has 3 heteroatoms. The van der Waals surface area contributed by atoms with Gasteiger partial charge in [-0.05, 0) is 37.0 Å². The number of benzene rings is 1. The molecule has 14 heavy (non-hydrogen) atoms. The molecule has 1 N–H and O–H groups in total. The maximum absolute atomic E-state index is 10.7. The molecule has 0 amide bonds. The number of aliphatic carboxylic acids is 1. The Morgan fingerprint density at radius 2 is 2.36 bits per heavy atom. The third-order valence-electron chi connectivity index (χ3n) is 2.44. The molecule has 0 saturated carbocycles. The minimum absolute atomic E-state index is 0.561. The molecule has 74 valence electrons. The number of ether oxygens (including phenoxy) is 1. The topological polar surface area (TPSA) is 46.5 Å². The maximum Gasteiger partial charge on any atom is 0.344 e. The van der Waals surface area contributed by atoms with Crippen LogP contribution in [0.4, 0.5) is 0 Å². The lowest BCUT2D eigenvalue weighted by atomic mass is 10.0. The summed E-state index contributed by atoms with van der Waals surface area (Å²) < 4.78 is 5.37. The molecule has 0 aromatic heterocycles. The zero-order valence-electron chi connectivity index (χ0n) is 7.99. The average Bonchev–Trinajstić information content (AvgIpc) is 2.16. The van der Waals surface area contributed by atoms with Crippen molar-refractivity contribution in [2.75, 3.05) is 0 Å². The van der Waals surface area contributed by atoms with E-state index in [9.17, 15) is 4.79 Å². The Kier molecular flexibility index (Phi) is 2.15. The van der Waals surface area contributed by atoms with E-state index in [0.717, 1.165) is 23.3 Å². The molecule has 0 bridgehead atoms. The Hall–Kier alpha value is -1.51. The Balaban J connectivity index is 2.29. The third-order valence-corrected chi connectivity index (χ3v) is 2.44. The van der Waals surface area contributed by atoms with E-state index in [1.54, 1.807) is 0 Å². The molecule has 1 aliphatic heterocycles. The summed E-state index contributed by atoms with van der Waals surface area (Å²) >= 11 is 0. The van der Waals surface area contributed by atoms with E-state index in [0.29, 0.717) is 6.42 Å². The van der Waals surface area contributed by atoms with E-state index in [1.807, 2.05) is 25.1 Å². The summed E-state index contributed by atoms with van der Waals surface area (Å²) in [4.78, 5) is 10.7. The number of carboxylic acids is 1. The van der Waals surface area contributed by atoms with Crippen molar-refractivity contribution >= 4 is 5.97 Å². The number of hydrogen-bond acceptors (Lipinski definition) is 2. The molecule has 0 saturated heterocycles. The van der Waals surface area contributed by atoms with Crippen molar-refractivity contribution in [1.29, 1.82) is 0 Å². The van der Waals surface area contributed by atoms with Crippen molar-refractivity contribution in [1.82, 2.24) is 0 Å². The second-order valence-corrected chi connectivity index (χ2v) is 3.59. The Morgan fingerprint density at radius 1 is 1.57 bits per heavy atom. The number of fused-ring (bicyclic) bond motifs is 1. The molecule has 1 heterocycles. The number of aryl methyl sites for hydroxylation is 2. The molecule has 1 aromatic carbocycles. The van der Waals surface area contributed by atoms with E-state index in [4.69, 9.17) is 9.84 Å². The van der Waals surface area contributed by atoms with Crippen LogP contribution in [0.1, 0.15) is 17.5 Å². The van der Waals surface area contributed by atoms with E-state index >= 15 is 0 Å². The fraction of sp³-hybridized carbons (Fsp3) is 0.364. The summed E-state index contributed by atoms with van der Waals surface area (Å²) in [6, 6.07) is 5.91. The quantitative estimate of drug-likeness (QED) is 0.737. The SMILES string of the molecule is Cc1ccc2c(c1)O[C@H](C(=O)O)CC2. The standard InChI is InChI=1S/C11H12O3/c1-7-2-3-8-4-5-9(11(12)13)14-10(8)6-7/h2-3,6,9H,4-5H2,1H3,(H,12,13)/t9-/m0/s1. The van der Waals surface area contributed by atoms with Gasteiger partial charge in [0.2, 0.25) is 0 Å². The number of carboxylic acid groups (broad SMARTS) is 1. The van der Waals surface area contributed by atoms with Crippen LogP contribution in [-0.2, 0) is 11.2 Å². The highest BCUT2D eigenvalue weighted by Crippen LogP contribution is 2.28. The predicted octanol–water partition coefficient (Wildman–Crippen LogP) is 1.77. The van der Waals surface area contributed by atoms with Gasteiger partial charge in [-0.15, -0.1) is 0 Å². The molecule has 0 aliphatic carbocycles. The van der Waals surface area contributed by atoms with Crippen LogP contribution in [0, 0.1) is 6.92 Å². The molecule has 1 aromatic rings. The molecular formula is C11H12O3. The lowest BCUT2D eigenvalue weighted by molar-refractivity contribution is -0.145. The van der Waals surface area contributed by atoms with Crippen molar-refractivity contribution in [3.8, 4) is 5.75 Å². The second-order valence-electron chi connectivity index (χ2n) is 3.59. The summed E-state index contributed by atoms with van der Waals surface area (Å²) in [7, 11) is 0. The van der Waals surface area contributed by atoms with E-state index in [2.05, 4.69) is 0 Å². The van der Waals surface area contributed by atoms with Gasteiger partial charge in [-0.2, -0.15) is 0 Å². The first-order valence-electron chi connectivity index (χ1n) is 4.66. The molecule has 0 spiro atoms. The van der Waals surface area contributed by atoms with Gasteiger partial charge in [0.25, 0.3) is 0 Å². The van der Waals surface area contributed by atoms with Gasteiger partial charge in [-0.25, -0.2) is 4.79 Å². The smallest absolute Gasteiger partial charge is 0.344 e. The third kappa shape index (κ3) is 1.58. The van der Waals surface area contributed by atoms with Gasteiger partial charge in [-0.1, -0.05) is 12.1 Å². The molecule has 1 aliphatic rings. The van der Waals surface area contributed by atoms with Crippen LogP contribution in [0.3, 0.4) is 0 Å². The van der Waals surface area contributed by atoms with Gasteiger partial charge < -0.3 is 9.84 Å². The number of rotatable bonds is 1. The van der Waals surface area contributed by atoms with Crippen molar-refractivity contribution < 1.29 is 14.6 Å². The zero-order valence-corrected chi connectivity index (χ0v) is 7.99. The number of hydrogen-bond donors (Lipinski definition) is 1. The summed E-state index contributed by atoms with van der Waals surface area (Å²) in [5, 5.41) is 8.81. The molecule has 1 atom stereocenters. The van der Waals surface area contributed by atoms with Crippen LogP contribution >= 0.6 is 0 Å². The normalized spacial score (nSPS) is 19.6. The molecule has 2 rings (SSSR count). The summed E-state index contributed by atoms with van der Waals surface area (Å²) in [6.07, 6.45) is 0.669. The van der Waals surface area contributed by atoms with E-state index in [-0.39, 0.29) is 0 Å². The summed E-state index contributed by atoms with van der Waals surface area (Å²) in [5.41, 5.74) is 2.20. The van der Waals surface area contributed by atoms with Gasteiger partial charge in [0, 0.05) is 0 Å². The minimum Gasteiger partial charge on any atom is -0.479 e. The molecular weight excluding hydrogens is 180 g/mol. The van der Waals surface area contributed by atoms with Gasteiger partial charge in [0.05, 0.1) is 0 Å². The Morgan fingerprint density at radius 3 is 3.07 bits per heavy atom. The van der Waals surface area contributed by atoms with Crippen LogP contribution in [-0.4, -0.2) is 17.2 Å². The average molecular weight is 192 g/mol. The highest BCUT2D eigenvalue weighted by atomic mass is 16.5. The summed E-state index contributed by atoms with van der Waals surface area (Å²) in [5.74, 6) is -0.152. The van der Waals surface area contributed by atoms with E-state index < -0.39 is 12.1 Å². The van der Waals surface area contributed by atoms with Crippen LogP contribution in [0.25, 0.3) is 0 Å². The highest BCUT2D eigenvalue weighted by Gasteiger charge is 2.25. The van der Waals surface area contributed by atoms with Crippen LogP contribution in [0.5, 0.6) is 5.75 Å². The number of carbonyl (C=O) groups is 1. The Bertz CT molecular complexity index is 371. The molecule has 0 unspecified atom stereocenters. The second kappa shape index (κ2) is 3.33. The van der Waals surface area contributed by atoms with Crippen LogP contribution in [0.2, 0.25) is 0 Å². The van der Waals surface area contributed by atoms with Gasteiger partial charge in [0.15, 0.2) is 6.10 Å².